The van der Waals surface area contributed by atoms with Gasteiger partial charge in [-0.25, -0.2) is 0 Å². The number of nitrogens with zero attached hydrogens (tertiary/aromatic N) is 2. The van der Waals surface area contributed by atoms with Crippen LogP contribution >= 0.6 is 15.9 Å². The van der Waals surface area contributed by atoms with Crippen molar-refractivity contribution in [1.29, 1.82) is 0 Å². The van der Waals surface area contributed by atoms with E-state index in [0.29, 0.717) is 5.69 Å². The Morgan fingerprint density at radius 3 is 2.68 bits per heavy atom. The average Bonchev–Trinajstić information content (AvgIpc) is 2.81. The van der Waals surface area contributed by atoms with Gasteiger partial charge in [-0.2, -0.15) is 5.10 Å². The summed E-state index contributed by atoms with van der Waals surface area (Å²) in [5.41, 5.74) is 1.54. The molecule has 0 aromatic carbocycles. The van der Waals surface area contributed by atoms with E-state index in [1.165, 1.54) is 19.3 Å². The number of nitrogens with one attached hydrogen (secondary N) is 1. The van der Waals surface area contributed by atoms with Gasteiger partial charge in [-0.1, -0.05) is 42.1 Å². The lowest BCUT2D eigenvalue weighted by Crippen LogP contribution is -2.51. The molecular weight excluding hydrogens is 306 g/mol. The molecule has 106 valence electrons. The first-order valence-electron chi connectivity index (χ1n) is 7.01. The van der Waals surface area contributed by atoms with Crippen LogP contribution in [0.1, 0.15) is 55.2 Å². The molecule has 1 aliphatic rings. The molecule has 5 heteroatoms. The van der Waals surface area contributed by atoms with Crippen molar-refractivity contribution in [1.82, 2.24) is 15.1 Å². The first kappa shape index (κ1) is 14.6. The Morgan fingerprint density at radius 1 is 1.47 bits per heavy atom. The van der Waals surface area contributed by atoms with Gasteiger partial charge in [0, 0.05) is 12.4 Å². The van der Waals surface area contributed by atoms with Crippen LogP contribution < -0.4 is 5.32 Å². The van der Waals surface area contributed by atoms with E-state index in [2.05, 4.69) is 26.3 Å². The van der Waals surface area contributed by atoms with E-state index in [1.54, 1.807) is 4.68 Å². The Balaban J connectivity index is 2.12. The van der Waals surface area contributed by atoms with E-state index in [1.807, 2.05) is 20.0 Å². The molecule has 1 aliphatic carbocycles. The lowest BCUT2D eigenvalue weighted by Gasteiger charge is -2.36. The van der Waals surface area contributed by atoms with Gasteiger partial charge < -0.3 is 5.32 Å². The molecule has 1 fully saturated rings. The second-order valence-electron chi connectivity index (χ2n) is 5.43. The molecule has 1 amide bonds. The van der Waals surface area contributed by atoms with Crippen molar-refractivity contribution in [3.05, 3.63) is 17.5 Å². The fourth-order valence-electron chi connectivity index (χ4n) is 2.74. The van der Waals surface area contributed by atoms with Crippen LogP contribution in [0.3, 0.4) is 0 Å². The molecule has 1 aromatic heterocycles. The second kappa shape index (κ2) is 6.07. The first-order chi connectivity index (χ1) is 9.10. The van der Waals surface area contributed by atoms with Gasteiger partial charge >= 0.3 is 0 Å². The van der Waals surface area contributed by atoms with Gasteiger partial charge in [-0.3, -0.25) is 9.48 Å². The lowest BCUT2D eigenvalue weighted by molar-refractivity contribution is 0.0876. The van der Waals surface area contributed by atoms with Crippen LogP contribution in [0.4, 0.5) is 0 Å². The number of amides is 1. The molecule has 0 saturated heterocycles. The Morgan fingerprint density at radius 2 is 2.16 bits per heavy atom. The van der Waals surface area contributed by atoms with Crippen LogP contribution in [0.2, 0.25) is 0 Å². The van der Waals surface area contributed by atoms with E-state index >= 15 is 0 Å². The third kappa shape index (κ3) is 3.19. The molecular formula is C14H22BrN3O. The van der Waals surface area contributed by atoms with Crippen molar-refractivity contribution in [3.8, 4) is 0 Å². The summed E-state index contributed by atoms with van der Waals surface area (Å²) in [6.07, 6.45) is 6.63. The minimum Gasteiger partial charge on any atom is -0.344 e. The summed E-state index contributed by atoms with van der Waals surface area (Å²) in [7, 11) is 1.83. The molecule has 0 spiro atoms. The quantitative estimate of drug-likeness (QED) is 0.864. The number of hydrogen-bond donors (Lipinski definition) is 1. The summed E-state index contributed by atoms with van der Waals surface area (Å²) in [5.74, 6) is -0.00366. The van der Waals surface area contributed by atoms with Crippen LogP contribution in [0, 0.1) is 0 Å². The molecule has 1 aromatic rings. The molecule has 0 radical (unpaired) electrons. The Labute approximate surface area is 123 Å². The molecule has 0 atom stereocenters. The number of rotatable bonds is 4. The zero-order chi connectivity index (χ0) is 13.9. The van der Waals surface area contributed by atoms with Gasteiger partial charge in [-0.05, 0) is 25.3 Å². The van der Waals surface area contributed by atoms with Crippen LogP contribution in [-0.2, 0) is 13.5 Å². The van der Waals surface area contributed by atoms with E-state index < -0.39 is 0 Å². The number of aryl methyl sites for hydroxylation is 2. The monoisotopic (exact) mass is 327 g/mol. The van der Waals surface area contributed by atoms with Crippen LogP contribution in [-0.4, -0.2) is 26.6 Å². The maximum atomic E-state index is 12.4. The molecule has 1 heterocycles. The first-order valence-corrected chi connectivity index (χ1v) is 8.14. The molecule has 4 nitrogen and oxygen atoms in total. The van der Waals surface area contributed by atoms with Crippen molar-refractivity contribution in [2.24, 2.45) is 7.05 Å². The number of carbonyl (C=O) groups excluding carboxylic acids is 1. The summed E-state index contributed by atoms with van der Waals surface area (Å²) < 4.78 is 1.68. The predicted octanol–water partition coefficient (Wildman–Crippen LogP) is 2.81. The van der Waals surface area contributed by atoms with Crippen LogP contribution in [0.15, 0.2) is 6.07 Å². The fraction of sp³-hybridized carbons (Fsp3) is 0.714. The fourth-order valence-corrected chi connectivity index (χ4v) is 3.44. The van der Waals surface area contributed by atoms with Crippen LogP contribution in [0.5, 0.6) is 0 Å². The minimum atomic E-state index is -0.0774. The molecule has 1 saturated carbocycles. The van der Waals surface area contributed by atoms with E-state index in [0.717, 1.165) is 30.3 Å². The molecule has 0 unspecified atom stereocenters. The summed E-state index contributed by atoms with van der Waals surface area (Å²) in [4.78, 5) is 12.4. The zero-order valence-electron chi connectivity index (χ0n) is 11.7. The highest BCUT2D eigenvalue weighted by atomic mass is 79.9. The van der Waals surface area contributed by atoms with Crippen LogP contribution in [0.25, 0.3) is 0 Å². The molecule has 1 N–H and O–H groups in total. The normalized spacial score (nSPS) is 18.3. The SMILES string of the molecule is CCc1cc(C(=O)NC2(CBr)CCCCC2)n(C)n1. The maximum Gasteiger partial charge on any atom is 0.270 e. The van der Waals surface area contributed by atoms with Gasteiger partial charge in [0.2, 0.25) is 0 Å². The van der Waals surface area contributed by atoms with Gasteiger partial charge in [0.05, 0.1) is 11.2 Å². The topological polar surface area (TPSA) is 46.9 Å². The number of hydrogen-bond acceptors (Lipinski definition) is 2. The van der Waals surface area contributed by atoms with E-state index in [4.69, 9.17) is 0 Å². The second-order valence-corrected chi connectivity index (χ2v) is 5.99. The Hall–Kier alpha value is -0.840. The van der Waals surface area contributed by atoms with Crippen molar-refractivity contribution in [2.45, 2.75) is 51.0 Å². The van der Waals surface area contributed by atoms with Crippen molar-refractivity contribution < 1.29 is 4.79 Å². The van der Waals surface area contributed by atoms with Gasteiger partial charge in [0.1, 0.15) is 5.69 Å². The maximum absolute atomic E-state index is 12.4. The number of halogens is 1. The minimum absolute atomic E-state index is 0.00366. The molecule has 0 bridgehead atoms. The third-order valence-corrected chi connectivity index (χ3v) is 5.04. The van der Waals surface area contributed by atoms with Crippen molar-refractivity contribution in [2.75, 3.05) is 5.33 Å². The van der Waals surface area contributed by atoms with Gasteiger partial charge in [0.15, 0.2) is 0 Å². The summed E-state index contributed by atoms with van der Waals surface area (Å²) >= 11 is 3.57. The van der Waals surface area contributed by atoms with Crippen molar-refractivity contribution in [3.63, 3.8) is 0 Å². The third-order valence-electron chi connectivity index (χ3n) is 3.97. The number of aromatic nitrogens is 2. The average molecular weight is 328 g/mol. The summed E-state index contributed by atoms with van der Waals surface area (Å²) in [5, 5.41) is 8.39. The largest absolute Gasteiger partial charge is 0.344 e. The zero-order valence-corrected chi connectivity index (χ0v) is 13.3. The highest BCUT2D eigenvalue weighted by Gasteiger charge is 2.33. The smallest absolute Gasteiger partial charge is 0.270 e. The summed E-state index contributed by atoms with van der Waals surface area (Å²) in [6, 6.07) is 1.89. The Bertz CT molecular complexity index is 450. The number of alkyl halides is 1. The highest BCUT2D eigenvalue weighted by molar-refractivity contribution is 9.09. The lowest BCUT2D eigenvalue weighted by atomic mass is 9.83. The number of carbonyl (C=O) groups is 1. The van der Waals surface area contributed by atoms with Gasteiger partial charge in [-0.15, -0.1) is 0 Å². The standard InChI is InChI=1S/C14H22BrN3O/c1-3-11-9-12(18(2)17-11)13(19)16-14(10-15)7-5-4-6-8-14/h9H,3-8,10H2,1-2H3,(H,16,19). The Kier molecular flexibility index (Phi) is 4.66. The predicted molar refractivity (Wildman–Crippen MR) is 79.7 cm³/mol. The van der Waals surface area contributed by atoms with E-state index in [9.17, 15) is 4.79 Å². The molecule has 2 rings (SSSR count). The summed E-state index contributed by atoms with van der Waals surface area (Å²) in [6.45, 7) is 2.05. The molecule has 0 aliphatic heterocycles. The van der Waals surface area contributed by atoms with Gasteiger partial charge in [0.25, 0.3) is 5.91 Å². The molecule has 19 heavy (non-hydrogen) atoms. The van der Waals surface area contributed by atoms with Crippen molar-refractivity contribution >= 4 is 21.8 Å². The highest BCUT2D eigenvalue weighted by Crippen LogP contribution is 2.30. The van der Waals surface area contributed by atoms with E-state index in [-0.39, 0.29) is 11.4 Å².